The van der Waals surface area contributed by atoms with E-state index in [0.717, 1.165) is 0 Å². The second-order valence-corrected chi connectivity index (χ2v) is 9.01. The van der Waals surface area contributed by atoms with E-state index >= 15 is 0 Å². The Bertz CT molecular complexity index is 1010. The van der Waals surface area contributed by atoms with Gasteiger partial charge in [0.05, 0.1) is 16.3 Å². The first kappa shape index (κ1) is 19.1. The molecule has 2 aromatic carbocycles. The van der Waals surface area contributed by atoms with Gasteiger partial charge in [-0.1, -0.05) is 51.1 Å². The number of carbonyl (C=O) groups is 2. The maximum Gasteiger partial charge on any atom is 0.252 e. The number of nitrogens with one attached hydrogen (secondary N) is 1. The molecule has 0 fully saturated rings. The Balaban J connectivity index is 2.22. The van der Waals surface area contributed by atoms with Gasteiger partial charge in [-0.2, -0.15) is 0 Å². The predicted octanol–water partition coefficient (Wildman–Crippen LogP) is 2.41. The van der Waals surface area contributed by atoms with Gasteiger partial charge in [0.1, 0.15) is 6.04 Å². The van der Waals surface area contributed by atoms with Crippen molar-refractivity contribution in [1.82, 2.24) is 0 Å². The fourth-order valence-electron chi connectivity index (χ4n) is 2.98. The Morgan fingerprint density at radius 3 is 2.30 bits per heavy atom. The van der Waals surface area contributed by atoms with Crippen molar-refractivity contribution in [3.05, 3.63) is 54.1 Å². The quantitative estimate of drug-likeness (QED) is 0.824. The molecule has 142 valence electrons. The van der Waals surface area contributed by atoms with Gasteiger partial charge in [0, 0.05) is 5.41 Å². The third kappa shape index (κ3) is 3.58. The number of sulfonamides is 1. The molecule has 8 heteroatoms. The molecular weight excluding hydrogens is 366 g/mol. The molecule has 0 saturated carbocycles. The van der Waals surface area contributed by atoms with Gasteiger partial charge in [0.25, 0.3) is 5.91 Å². The van der Waals surface area contributed by atoms with E-state index < -0.39 is 27.4 Å². The minimum Gasteiger partial charge on any atom is -0.322 e. The molecule has 1 aliphatic rings. The van der Waals surface area contributed by atoms with Gasteiger partial charge < -0.3 is 5.32 Å². The molecule has 0 radical (unpaired) electrons. The number of nitrogens with zero attached hydrogens (tertiary/aromatic N) is 1. The van der Waals surface area contributed by atoms with Gasteiger partial charge >= 0.3 is 0 Å². The number of benzene rings is 2. The summed E-state index contributed by atoms with van der Waals surface area (Å²) in [5, 5.41) is 7.89. The Morgan fingerprint density at radius 2 is 1.74 bits per heavy atom. The highest BCUT2D eigenvalue weighted by Crippen LogP contribution is 2.41. The Hall–Kier alpha value is -2.71. The van der Waals surface area contributed by atoms with Crippen LogP contribution in [0.5, 0.6) is 0 Å². The van der Waals surface area contributed by atoms with Crippen LogP contribution in [0, 0.1) is 5.41 Å². The van der Waals surface area contributed by atoms with Crippen molar-refractivity contribution < 1.29 is 18.0 Å². The van der Waals surface area contributed by atoms with Crippen molar-refractivity contribution in [2.45, 2.75) is 31.7 Å². The minimum absolute atomic E-state index is 0.136. The molecular formula is C19H21N3O4S. The Morgan fingerprint density at radius 1 is 1.11 bits per heavy atom. The molecule has 0 spiro atoms. The second-order valence-electron chi connectivity index (χ2n) is 7.45. The molecule has 1 aliphatic heterocycles. The normalized spacial score (nSPS) is 17.3. The first-order valence-electron chi connectivity index (χ1n) is 8.36. The lowest BCUT2D eigenvalue weighted by Crippen LogP contribution is -2.49. The van der Waals surface area contributed by atoms with Crippen LogP contribution in [0.3, 0.4) is 0 Å². The average molecular weight is 387 g/mol. The van der Waals surface area contributed by atoms with Gasteiger partial charge in [0.2, 0.25) is 15.9 Å². The van der Waals surface area contributed by atoms with Gasteiger partial charge in [0.15, 0.2) is 0 Å². The lowest BCUT2D eigenvalue weighted by Gasteiger charge is -2.39. The summed E-state index contributed by atoms with van der Waals surface area (Å²) in [6.45, 7) is 5.30. The maximum absolute atomic E-state index is 13.2. The Labute approximate surface area is 158 Å². The van der Waals surface area contributed by atoms with Crippen molar-refractivity contribution in [2.24, 2.45) is 10.6 Å². The molecule has 0 bridgehead atoms. The molecule has 2 amide bonds. The fourth-order valence-corrected chi connectivity index (χ4v) is 3.52. The van der Waals surface area contributed by atoms with Crippen molar-refractivity contribution in [3.63, 3.8) is 0 Å². The molecule has 2 aromatic rings. The van der Waals surface area contributed by atoms with E-state index in [1.165, 1.54) is 23.1 Å². The summed E-state index contributed by atoms with van der Waals surface area (Å²) in [5.41, 5.74) is 0.571. The molecule has 0 aliphatic carbocycles. The van der Waals surface area contributed by atoms with Gasteiger partial charge in [-0.05, 0) is 23.8 Å². The monoisotopic (exact) mass is 387 g/mol. The summed E-state index contributed by atoms with van der Waals surface area (Å²) >= 11 is 0. The molecule has 0 aromatic heterocycles. The van der Waals surface area contributed by atoms with Crippen LogP contribution in [0.2, 0.25) is 0 Å². The number of amides is 2. The lowest BCUT2D eigenvalue weighted by molar-refractivity contribution is -0.129. The number of rotatable bonds is 2. The third-order valence-electron chi connectivity index (χ3n) is 4.30. The number of hydrogen-bond acceptors (Lipinski definition) is 4. The number of hydrogen-bond donors (Lipinski definition) is 2. The van der Waals surface area contributed by atoms with Gasteiger partial charge in [-0.15, -0.1) is 0 Å². The number of primary sulfonamides is 1. The molecule has 3 rings (SSSR count). The smallest absolute Gasteiger partial charge is 0.252 e. The van der Waals surface area contributed by atoms with E-state index in [-0.39, 0.29) is 16.5 Å². The molecule has 1 atom stereocenters. The van der Waals surface area contributed by atoms with E-state index in [4.69, 9.17) is 5.14 Å². The van der Waals surface area contributed by atoms with Crippen LogP contribution in [0.1, 0.15) is 32.4 Å². The van der Waals surface area contributed by atoms with Crippen molar-refractivity contribution in [3.8, 4) is 0 Å². The maximum atomic E-state index is 13.2. The van der Waals surface area contributed by atoms with Crippen LogP contribution < -0.4 is 15.4 Å². The summed E-state index contributed by atoms with van der Waals surface area (Å²) in [6, 6.07) is 12.2. The number of anilines is 2. The zero-order valence-corrected chi connectivity index (χ0v) is 16.1. The van der Waals surface area contributed by atoms with Crippen molar-refractivity contribution in [2.75, 3.05) is 10.2 Å². The van der Waals surface area contributed by atoms with Gasteiger partial charge in [-0.3, -0.25) is 14.5 Å². The van der Waals surface area contributed by atoms with Crippen molar-refractivity contribution >= 4 is 33.2 Å². The van der Waals surface area contributed by atoms with E-state index in [0.29, 0.717) is 11.3 Å². The molecule has 27 heavy (non-hydrogen) atoms. The standard InChI is InChI=1S/C19H21N3O4S/c1-19(2,3)18(24)22-15-10-9-13(27(20,25)26)11-14(15)21-17(23)16(22)12-7-5-4-6-8-12/h4-11,16H,1-3H3,(H,21,23)(H2,20,25,26). The molecule has 7 nitrogen and oxygen atoms in total. The van der Waals surface area contributed by atoms with E-state index in [9.17, 15) is 18.0 Å². The summed E-state index contributed by atoms with van der Waals surface area (Å²) in [6.07, 6.45) is 0. The Kier molecular flexibility index (Phi) is 4.57. The van der Waals surface area contributed by atoms with Crippen LogP contribution in [-0.2, 0) is 19.6 Å². The summed E-state index contributed by atoms with van der Waals surface area (Å²) in [4.78, 5) is 27.4. The minimum atomic E-state index is -3.94. The second kappa shape index (κ2) is 6.47. The average Bonchev–Trinajstić information content (AvgIpc) is 2.58. The topological polar surface area (TPSA) is 110 Å². The third-order valence-corrected chi connectivity index (χ3v) is 5.21. The summed E-state index contributed by atoms with van der Waals surface area (Å²) in [5.74, 6) is -0.673. The highest BCUT2D eigenvalue weighted by Gasteiger charge is 2.41. The lowest BCUT2D eigenvalue weighted by atomic mass is 9.91. The van der Waals surface area contributed by atoms with Crippen LogP contribution >= 0.6 is 0 Å². The van der Waals surface area contributed by atoms with Crippen LogP contribution in [0.25, 0.3) is 0 Å². The molecule has 0 saturated heterocycles. The van der Waals surface area contributed by atoms with Crippen LogP contribution in [-0.4, -0.2) is 20.2 Å². The van der Waals surface area contributed by atoms with E-state index in [1.54, 1.807) is 45.0 Å². The van der Waals surface area contributed by atoms with Gasteiger partial charge in [-0.25, -0.2) is 13.6 Å². The number of carbonyl (C=O) groups excluding carboxylic acids is 2. The summed E-state index contributed by atoms with van der Waals surface area (Å²) in [7, 11) is -3.94. The largest absolute Gasteiger partial charge is 0.322 e. The fraction of sp³-hybridized carbons (Fsp3) is 0.263. The predicted molar refractivity (Wildman–Crippen MR) is 103 cm³/mol. The van der Waals surface area contributed by atoms with Crippen LogP contribution in [0.4, 0.5) is 11.4 Å². The van der Waals surface area contributed by atoms with Crippen LogP contribution in [0.15, 0.2) is 53.4 Å². The van der Waals surface area contributed by atoms with E-state index in [2.05, 4.69) is 5.32 Å². The highest BCUT2D eigenvalue weighted by molar-refractivity contribution is 7.89. The summed E-state index contributed by atoms with van der Waals surface area (Å²) < 4.78 is 23.3. The zero-order valence-electron chi connectivity index (χ0n) is 15.3. The van der Waals surface area contributed by atoms with Crippen molar-refractivity contribution in [1.29, 1.82) is 0 Å². The highest BCUT2D eigenvalue weighted by atomic mass is 32.2. The number of nitrogens with two attached hydrogens (primary N) is 1. The molecule has 1 heterocycles. The molecule has 3 N–H and O–H groups in total. The SMILES string of the molecule is CC(C)(C)C(=O)N1c2ccc(S(N)(=O)=O)cc2NC(=O)C1c1ccccc1. The van der Waals surface area contributed by atoms with E-state index in [1.807, 2.05) is 6.07 Å². The zero-order chi connectivity index (χ0) is 20.0. The first-order valence-corrected chi connectivity index (χ1v) is 9.91. The first-order chi connectivity index (χ1) is 12.5. The number of fused-ring (bicyclic) bond motifs is 1. The molecule has 1 unspecified atom stereocenters.